The molecule has 0 N–H and O–H groups in total. The van der Waals surface area contributed by atoms with Crippen LogP contribution in [0, 0.1) is 0 Å². The van der Waals surface area contributed by atoms with E-state index in [0.29, 0.717) is 17.5 Å². The molecule has 0 saturated heterocycles. The van der Waals surface area contributed by atoms with Crippen LogP contribution >= 0.6 is 0 Å². The Labute approximate surface area is 304 Å². The molecule has 0 atom stereocenters. The molecule has 4 nitrogen and oxygen atoms in total. The number of hydrogen-bond acceptors (Lipinski definition) is 4. The van der Waals surface area contributed by atoms with Gasteiger partial charge in [-0.05, 0) is 84.5 Å². The summed E-state index contributed by atoms with van der Waals surface area (Å²) in [7, 11) is 0. The molecule has 53 heavy (non-hydrogen) atoms. The largest absolute Gasteiger partial charge is 0.456 e. The summed E-state index contributed by atoms with van der Waals surface area (Å²) in [6.45, 7) is 0. The summed E-state index contributed by atoms with van der Waals surface area (Å²) in [5.41, 5.74) is 7.03. The Hall–Kier alpha value is -7.17. The molecular formula is C49H29N3O. The van der Waals surface area contributed by atoms with Gasteiger partial charge >= 0.3 is 0 Å². The Balaban J connectivity index is 1.08. The van der Waals surface area contributed by atoms with Crippen LogP contribution in [-0.4, -0.2) is 15.0 Å². The van der Waals surface area contributed by atoms with Crippen molar-refractivity contribution in [1.29, 1.82) is 0 Å². The van der Waals surface area contributed by atoms with Gasteiger partial charge in [0.2, 0.25) is 0 Å². The van der Waals surface area contributed by atoms with E-state index < -0.39 is 0 Å². The third-order valence-corrected chi connectivity index (χ3v) is 10.5. The molecule has 0 bridgehead atoms. The van der Waals surface area contributed by atoms with Gasteiger partial charge in [0.1, 0.15) is 11.2 Å². The fourth-order valence-corrected chi connectivity index (χ4v) is 8.04. The van der Waals surface area contributed by atoms with Crippen LogP contribution in [0.5, 0.6) is 0 Å². The molecule has 2 aromatic heterocycles. The van der Waals surface area contributed by atoms with Crippen LogP contribution in [0.3, 0.4) is 0 Å². The Morgan fingerprint density at radius 3 is 1.60 bits per heavy atom. The summed E-state index contributed by atoms with van der Waals surface area (Å²) in [5.74, 6) is 1.95. The van der Waals surface area contributed by atoms with Crippen molar-refractivity contribution in [1.82, 2.24) is 15.0 Å². The first-order chi connectivity index (χ1) is 26.3. The lowest BCUT2D eigenvalue weighted by Crippen LogP contribution is -2.00. The highest BCUT2D eigenvalue weighted by Crippen LogP contribution is 2.41. The average molecular weight is 676 g/mol. The predicted molar refractivity (Wildman–Crippen MR) is 219 cm³/mol. The van der Waals surface area contributed by atoms with E-state index in [1.165, 1.54) is 37.7 Å². The van der Waals surface area contributed by atoms with E-state index in [2.05, 4.69) is 103 Å². The van der Waals surface area contributed by atoms with Gasteiger partial charge in [-0.25, -0.2) is 15.0 Å². The van der Waals surface area contributed by atoms with E-state index in [9.17, 15) is 0 Å². The summed E-state index contributed by atoms with van der Waals surface area (Å²) >= 11 is 0. The lowest BCUT2D eigenvalue weighted by atomic mass is 9.91. The molecule has 0 unspecified atom stereocenters. The highest BCUT2D eigenvalue weighted by atomic mass is 16.3. The van der Waals surface area contributed by atoms with Crippen LogP contribution in [0.4, 0.5) is 0 Å². The molecule has 0 aliphatic rings. The normalized spacial score (nSPS) is 11.8. The van der Waals surface area contributed by atoms with Gasteiger partial charge in [-0.3, -0.25) is 0 Å². The van der Waals surface area contributed by atoms with Gasteiger partial charge in [0.25, 0.3) is 0 Å². The van der Waals surface area contributed by atoms with Crippen molar-refractivity contribution in [3.63, 3.8) is 0 Å². The molecule has 4 heteroatoms. The summed E-state index contributed by atoms with van der Waals surface area (Å²) in [6.07, 6.45) is 0. The molecule has 11 aromatic rings. The standard InChI is InChI=1S/C49H29N3O/c1-3-11-31(12-4-1)47-50-48(32-13-5-2-6-14-32)52-49(51-47)41-26-25-35(37-15-7-8-16-38(37)41)33-22-23-36-34(29-33)20-19-30-21-24-40-39(45(30)36)27-28-44-46(40)42-17-9-10-18-43(42)53-44/h1-29H. The van der Waals surface area contributed by atoms with Gasteiger partial charge in [-0.2, -0.15) is 0 Å². The van der Waals surface area contributed by atoms with Gasteiger partial charge in [0, 0.05) is 27.5 Å². The fourth-order valence-electron chi connectivity index (χ4n) is 8.04. The topological polar surface area (TPSA) is 51.8 Å². The van der Waals surface area contributed by atoms with Crippen molar-refractivity contribution in [3.8, 4) is 45.3 Å². The van der Waals surface area contributed by atoms with Gasteiger partial charge in [0.15, 0.2) is 17.5 Å². The van der Waals surface area contributed by atoms with Crippen LogP contribution in [0.25, 0.3) is 110 Å². The molecule has 0 fully saturated rings. The van der Waals surface area contributed by atoms with Gasteiger partial charge < -0.3 is 4.42 Å². The minimum absolute atomic E-state index is 0.650. The molecule has 9 aromatic carbocycles. The van der Waals surface area contributed by atoms with Gasteiger partial charge in [-0.1, -0.05) is 146 Å². The Morgan fingerprint density at radius 2 is 0.849 bits per heavy atom. The van der Waals surface area contributed by atoms with Crippen molar-refractivity contribution in [2.45, 2.75) is 0 Å². The highest BCUT2D eigenvalue weighted by molar-refractivity contribution is 6.28. The van der Waals surface area contributed by atoms with E-state index >= 15 is 0 Å². The number of rotatable bonds is 4. The lowest BCUT2D eigenvalue weighted by Gasteiger charge is -2.14. The zero-order valence-electron chi connectivity index (χ0n) is 28.5. The Morgan fingerprint density at radius 1 is 0.302 bits per heavy atom. The van der Waals surface area contributed by atoms with E-state index in [0.717, 1.165) is 55.1 Å². The third kappa shape index (κ3) is 4.73. The van der Waals surface area contributed by atoms with Crippen molar-refractivity contribution in [3.05, 3.63) is 176 Å². The second-order valence-electron chi connectivity index (χ2n) is 13.5. The molecule has 0 aliphatic heterocycles. The second kappa shape index (κ2) is 11.7. The highest BCUT2D eigenvalue weighted by Gasteiger charge is 2.17. The Kier molecular flexibility index (Phi) is 6.52. The zero-order valence-corrected chi connectivity index (χ0v) is 28.5. The van der Waals surface area contributed by atoms with Gasteiger partial charge in [-0.15, -0.1) is 0 Å². The zero-order chi connectivity index (χ0) is 34.9. The number of para-hydroxylation sites is 1. The minimum atomic E-state index is 0.650. The van der Waals surface area contributed by atoms with Crippen molar-refractivity contribution in [2.24, 2.45) is 0 Å². The predicted octanol–water partition coefficient (Wildman–Crippen LogP) is 13.1. The SMILES string of the molecule is c1ccc(-c2nc(-c3ccccc3)nc(-c3ccc(-c4ccc5c(ccc6ccc7c(ccc8oc9ccccc9c87)c65)c4)c4ccccc34)n2)cc1. The van der Waals surface area contributed by atoms with E-state index in [1.54, 1.807) is 0 Å². The summed E-state index contributed by atoms with van der Waals surface area (Å²) in [5, 5.41) is 11.9. The second-order valence-corrected chi connectivity index (χ2v) is 13.5. The molecule has 246 valence electrons. The number of aromatic nitrogens is 3. The molecule has 2 heterocycles. The maximum absolute atomic E-state index is 6.24. The molecule has 11 rings (SSSR count). The van der Waals surface area contributed by atoms with Crippen LogP contribution in [0.2, 0.25) is 0 Å². The molecule has 0 saturated carbocycles. The lowest BCUT2D eigenvalue weighted by molar-refractivity contribution is 0.669. The quantitative estimate of drug-likeness (QED) is 0.174. The van der Waals surface area contributed by atoms with Crippen LogP contribution < -0.4 is 0 Å². The number of furan rings is 1. The maximum atomic E-state index is 6.24. The van der Waals surface area contributed by atoms with Crippen molar-refractivity contribution >= 4 is 65.0 Å². The first kappa shape index (κ1) is 29.5. The van der Waals surface area contributed by atoms with Gasteiger partial charge in [0.05, 0.1) is 0 Å². The fraction of sp³-hybridized carbons (Fsp3) is 0. The molecule has 0 spiro atoms. The average Bonchev–Trinajstić information content (AvgIpc) is 3.62. The first-order valence-electron chi connectivity index (χ1n) is 17.9. The van der Waals surface area contributed by atoms with Crippen LogP contribution in [-0.2, 0) is 0 Å². The molecule has 0 amide bonds. The number of fused-ring (bicyclic) bond motifs is 10. The number of hydrogen-bond donors (Lipinski definition) is 0. The first-order valence-corrected chi connectivity index (χ1v) is 17.9. The molecular weight excluding hydrogens is 647 g/mol. The summed E-state index contributed by atoms with van der Waals surface area (Å²) < 4.78 is 6.24. The maximum Gasteiger partial charge on any atom is 0.164 e. The minimum Gasteiger partial charge on any atom is -0.456 e. The molecule has 0 aliphatic carbocycles. The van der Waals surface area contributed by atoms with Crippen molar-refractivity contribution in [2.75, 3.05) is 0 Å². The number of benzene rings is 9. The van der Waals surface area contributed by atoms with Crippen LogP contribution in [0.1, 0.15) is 0 Å². The summed E-state index contributed by atoms with van der Waals surface area (Å²) in [6, 6.07) is 61.7. The van der Waals surface area contributed by atoms with E-state index in [1.807, 2.05) is 72.8 Å². The smallest absolute Gasteiger partial charge is 0.164 e. The Bertz CT molecular complexity index is 3160. The molecule has 0 radical (unpaired) electrons. The monoisotopic (exact) mass is 675 g/mol. The van der Waals surface area contributed by atoms with Crippen LogP contribution in [0.15, 0.2) is 180 Å². The third-order valence-electron chi connectivity index (χ3n) is 10.5. The summed E-state index contributed by atoms with van der Waals surface area (Å²) in [4.78, 5) is 15.0. The van der Waals surface area contributed by atoms with E-state index in [-0.39, 0.29) is 0 Å². The number of nitrogens with zero attached hydrogens (tertiary/aromatic N) is 3. The van der Waals surface area contributed by atoms with E-state index in [4.69, 9.17) is 19.4 Å². The van der Waals surface area contributed by atoms with Crippen molar-refractivity contribution < 1.29 is 4.42 Å².